The molecule has 24 heavy (non-hydrogen) atoms. The first-order chi connectivity index (χ1) is 11.1. The number of rotatable bonds is 1. The number of hydrogen-bond donors (Lipinski definition) is 1. The summed E-state index contributed by atoms with van der Waals surface area (Å²) in [6.07, 6.45) is 1.63. The van der Waals surface area contributed by atoms with Gasteiger partial charge in [-0.25, -0.2) is 13.6 Å². The van der Waals surface area contributed by atoms with Gasteiger partial charge in [0.25, 0.3) is 0 Å². The third-order valence-electron chi connectivity index (χ3n) is 4.77. The van der Waals surface area contributed by atoms with Crippen molar-refractivity contribution in [3.05, 3.63) is 35.4 Å². The van der Waals surface area contributed by atoms with E-state index in [1.165, 1.54) is 12.1 Å². The molecule has 2 atom stereocenters. The van der Waals surface area contributed by atoms with Crippen molar-refractivity contribution in [2.75, 3.05) is 0 Å². The molecule has 132 valence electrons. The number of benzene rings is 1. The number of ether oxygens (including phenoxy) is 1. The molecule has 4 nitrogen and oxygen atoms in total. The minimum Gasteiger partial charge on any atom is -0.444 e. The van der Waals surface area contributed by atoms with Gasteiger partial charge >= 0.3 is 6.09 Å². The Bertz CT molecular complexity index is 622. The number of carbonyl (C=O) groups excluding carboxylic acids is 1. The largest absolute Gasteiger partial charge is 0.444 e. The summed E-state index contributed by atoms with van der Waals surface area (Å²) in [5, 5.41) is 11.0. The van der Waals surface area contributed by atoms with Gasteiger partial charge in [-0.15, -0.1) is 0 Å². The molecular formula is C18H23F2NO3. The summed E-state index contributed by atoms with van der Waals surface area (Å²) in [7, 11) is 0. The number of carbonyl (C=O) groups is 1. The highest BCUT2D eigenvalue weighted by Crippen LogP contribution is 2.46. The van der Waals surface area contributed by atoms with E-state index < -0.39 is 22.8 Å². The van der Waals surface area contributed by atoms with E-state index in [-0.39, 0.29) is 36.6 Å². The van der Waals surface area contributed by atoms with Crippen LogP contribution in [-0.2, 0) is 10.3 Å². The third-order valence-corrected chi connectivity index (χ3v) is 4.77. The molecule has 2 fully saturated rings. The number of nitrogens with zero attached hydrogens (tertiary/aromatic N) is 1. The van der Waals surface area contributed by atoms with E-state index in [0.29, 0.717) is 0 Å². The van der Waals surface area contributed by atoms with Gasteiger partial charge in [-0.05, 0) is 51.3 Å². The van der Waals surface area contributed by atoms with Crippen molar-refractivity contribution in [2.45, 2.75) is 69.7 Å². The van der Waals surface area contributed by atoms with E-state index in [9.17, 15) is 18.7 Å². The molecule has 6 heteroatoms. The number of halogens is 2. The van der Waals surface area contributed by atoms with Gasteiger partial charge in [0.2, 0.25) is 0 Å². The molecule has 2 aliphatic rings. The fourth-order valence-corrected chi connectivity index (χ4v) is 3.90. The number of piperidine rings is 1. The lowest BCUT2D eigenvalue weighted by molar-refractivity contribution is -0.0627. The van der Waals surface area contributed by atoms with Crippen LogP contribution in [0.3, 0.4) is 0 Å². The van der Waals surface area contributed by atoms with Gasteiger partial charge in [-0.2, -0.15) is 0 Å². The van der Waals surface area contributed by atoms with Crippen LogP contribution in [0.1, 0.15) is 52.0 Å². The number of aliphatic hydroxyl groups is 1. The Kier molecular flexibility index (Phi) is 4.06. The lowest BCUT2D eigenvalue weighted by Gasteiger charge is -2.44. The van der Waals surface area contributed by atoms with E-state index in [4.69, 9.17) is 4.74 Å². The number of amides is 1. The Morgan fingerprint density at radius 3 is 2.12 bits per heavy atom. The lowest BCUT2D eigenvalue weighted by Crippen LogP contribution is -2.53. The standard InChI is InChI=1S/C18H23F2NO3/c1-17(2,3)24-16(22)21-14-4-5-15(21)10-18(23,9-14)11-6-12(19)8-13(20)7-11/h6-8,14-15,23H,4-5,9-10H2,1-3H3. The quantitative estimate of drug-likeness (QED) is 0.848. The lowest BCUT2D eigenvalue weighted by atomic mass is 9.80. The Morgan fingerprint density at radius 1 is 1.17 bits per heavy atom. The average Bonchev–Trinajstić information content (AvgIpc) is 2.69. The fraction of sp³-hybridized carbons (Fsp3) is 0.611. The second-order valence-electron chi connectivity index (χ2n) is 7.87. The number of fused-ring (bicyclic) bond motifs is 2. The summed E-state index contributed by atoms with van der Waals surface area (Å²) < 4.78 is 32.5. The van der Waals surface area contributed by atoms with Crippen LogP contribution >= 0.6 is 0 Å². The van der Waals surface area contributed by atoms with Crippen LogP contribution in [0.15, 0.2) is 18.2 Å². The van der Waals surface area contributed by atoms with Crippen LogP contribution in [0, 0.1) is 11.6 Å². The van der Waals surface area contributed by atoms with Gasteiger partial charge < -0.3 is 14.7 Å². The molecule has 1 N–H and O–H groups in total. The van der Waals surface area contributed by atoms with Gasteiger partial charge in [0, 0.05) is 31.0 Å². The molecule has 0 radical (unpaired) electrons. The van der Waals surface area contributed by atoms with E-state index in [1.807, 2.05) is 20.8 Å². The average molecular weight is 339 g/mol. The van der Waals surface area contributed by atoms with E-state index in [0.717, 1.165) is 18.9 Å². The molecule has 1 aromatic carbocycles. The highest BCUT2D eigenvalue weighted by atomic mass is 19.1. The minimum absolute atomic E-state index is 0.185. The van der Waals surface area contributed by atoms with Crippen LogP contribution in [0.25, 0.3) is 0 Å². The van der Waals surface area contributed by atoms with Crippen molar-refractivity contribution in [3.63, 3.8) is 0 Å². The summed E-state index contributed by atoms with van der Waals surface area (Å²) in [5.41, 5.74) is -1.68. The van der Waals surface area contributed by atoms with Crippen molar-refractivity contribution >= 4 is 6.09 Å². The Morgan fingerprint density at radius 2 is 1.67 bits per heavy atom. The molecule has 0 spiro atoms. The Hall–Kier alpha value is -1.69. The second kappa shape index (κ2) is 5.69. The van der Waals surface area contributed by atoms with Gasteiger partial charge in [0.05, 0.1) is 5.60 Å². The number of hydrogen-bond acceptors (Lipinski definition) is 3. The van der Waals surface area contributed by atoms with Gasteiger partial charge in [-0.1, -0.05) is 0 Å². The van der Waals surface area contributed by atoms with Crippen molar-refractivity contribution in [2.24, 2.45) is 0 Å². The van der Waals surface area contributed by atoms with Gasteiger partial charge in [0.15, 0.2) is 0 Å². The molecular weight excluding hydrogens is 316 g/mol. The van der Waals surface area contributed by atoms with Crippen LogP contribution in [-0.4, -0.2) is 33.8 Å². The normalized spacial score (nSPS) is 29.7. The Balaban J connectivity index is 1.83. The van der Waals surface area contributed by atoms with Crippen molar-refractivity contribution in [3.8, 4) is 0 Å². The first-order valence-corrected chi connectivity index (χ1v) is 8.28. The second-order valence-corrected chi connectivity index (χ2v) is 7.87. The van der Waals surface area contributed by atoms with E-state index in [2.05, 4.69) is 0 Å². The highest BCUT2D eigenvalue weighted by Gasteiger charge is 2.51. The minimum atomic E-state index is -1.33. The molecule has 2 bridgehead atoms. The van der Waals surface area contributed by atoms with Crippen LogP contribution in [0.5, 0.6) is 0 Å². The van der Waals surface area contributed by atoms with Crippen molar-refractivity contribution in [1.29, 1.82) is 0 Å². The Labute approximate surface area is 140 Å². The predicted octanol–water partition coefficient (Wildman–Crippen LogP) is 3.71. The maximum atomic E-state index is 13.5. The third kappa shape index (κ3) is 3.24. The van der Waals surface area contributed by atoms with Crippen LogP contribution < -0.4 is 0 Å². The molecule has 0 aromatic heterocycles. The summed E-state index contributed by atoms with van der Waals surface area (Å²) in [6, 6.07) is 2.76. The van der Waals surface area contributed by atoms with Gasteiger partial charge in [-0.3, -0.25) is 0 Å². The highest BCUT2D eigenvalue weighted by molar-refractivity contribution is 5.69. The zero-order valence-electron chi connectivity index (χ0n) is 14.2. The first-order valence-electron chi connectivity index (χ1n) is 8.28. The maximum Gasteiger partial charge on any atom is 0.410 e. The summed E-state index contributed by atoms with van der Waals surface area (Å²) in [4.78, 5) is 14.1. The monoisotopic (exact) mass is 339 g/mol. The molecule has 2 aliphatic heterocycles. The zero-order valence-corrected chi connectivity index (χ0v) is 14.2. The van der Waals surface area contributed by atoms with E-state index >= 15 is 0 Å². The van der Waals surface area contributed by atoms with Gasteiger partial charge in [0.1, 0.15) is 17.2 Å². The molecule has 2 heterocycles. The first kappa shape index (κ1) is 17.1. The smallest absolute Gasteiger partial charge is 0.410 e. The molecule has 0 saturated carbocycles. The topological polar surface area (TPSA) is 49.8 Å². The van der Waals surface area contributed by atoms with E-state index in [1.54, 1.807) is 4.90 Å². The predicted molar refractivity (Wildman–Crippen MR) is 84.4 cm³/mol. The molecule has 3 rings (SSSR count). The fourth-order valence-electron chi connectivity index (χ4n) is 3.90. The molecule has 1 amide bonds. The van der Waals surface area contributed by atoms with Crippen molar-refractivity contribution in [1.82, 2.24) is 4.90 Å². The SMILES string of the molecule is CC(C)(C)OC(=O)N1C2CCC1CC(O)(c1cc(F)cc(F)c1)C2. The summed E-state index contributed by atoms with van der Waals surface area (Å²) in [6.45, 7) is 5.42. The maximum absolute atomic E-state index is 13.5. The zero-order chi connectivity index (χ0) is 17.7. The molecule has 0 aliphatic carbocycles. The molecule has 2 unspecified atom stereocenters. The summed E-state index contributed by atoms with van der Waals surface area (Å²) in [5.74, 6) is -1.42. The summed E-state index contributed by atoms with van der Waals surface area (Å²) >= 11 is 0. The van der Waals surface area contributed by atoms with Crippen molar-refractivity contribution < 1.29 is 23.4 Å². The van der Waals surface area contributed by atoms with Crippen LogP contribution in [0.2, 0.25) is 0 Å². The van der Waals surface area contributed by atoms with Crippen LogP contribution in [0.4, 0.5) is 13.6 Å². The molecule has 2 saturated heterocycles. The molecule has 1 aromatic rings.